The number of aromatic nitrogens is 1. The van der Waals surface area contributed by atoms with Gasteiger partial charge in [-0.05, 0) is 17.7 Å². The van der Waals surface area contributed by atoms with Crippen molar-refractivity contribution in [3.05, 3.63) is 59.8 Å². The van der Waals surface area contributed by atoms with Crippen LogP contribution in [-0.4, -0.2) is 24.7 Å². The molecule has 0 aliphatic rings. The molecule has 2 aromatic rings. The number of amides is 1. The van der Waals surface area contributed by atoms with Crippen LogP contribution < -0.4 is 10.6 Å². The second-order valence-electron chi connectivity index (χ2n) is 4.49. The van der Waals surface area contributed by atoms with E-state index < -0.39 is 6.09 Å². The zero-order valence-corrected chi connectivity index (χ0v) is 12.0. The Balaban J connectivity index is 1.69. The van der Waals surface area contributed by atoms with E-state index >= 15 is 0 Å². The number of anilines is 1. The number of alkyl carbamates (subject to hydrolysis) is 1. The van der Waals surface area contributed by atoms with E-state index in [0.29, 0.717) is 19.6 Å². The van der Waals surface area contributed by atoms with Crippen molar-refractivity contribution in [2.75, 3.05) is 19.0 Å². The highest BCUT2D eigenvalue weighted by atomic mass is 16.5. The molecule has 0 aliphatic heterocycles. The monoisotopic (exact) mass is 285 g/mol. The van der Waals surface area contributed by atoms with Crippen LogP contribution in [0.25, 0.3) is 0 Å². The molecule has 2 rings (SSSR count). The smallest absolute Gasteiger partial charge is 0.407 e. The maximum Gasteiger partial charge on any atom is 0.407 e. The van der Waals surface area contributed by atoms with Gasteiger partial charge in [0.05, 0.1) is 6.61 Å². The summed E-state index contributed by atoms with van der Waals surface area (Å²) in [6.07, 6.45) is 0.178. The van der Waals surface area contributed by atoms with Crippen LogP contribution >= 0.6 is 0 Å². The van der Waals surface area contributed by atoms with E-state index in [4.69, 9.17) is 4.74 Å². The molecule has 5 nitrogen and oxygen atoms in total. The van der Waals surface area contributed by atoms with Gasteiger partial charge in [-0.1, -0.05) is 36.4 Å². The van der Waals surface area contributed by atoms with Crippen molar-refractivity contribution >= 4 is 11.9 Å². The van der Waals surface area contributed by atoms with Gasteiger partial charge in [0.2, 0.25) is 0 Å². The number of rotatable bonds is 6. The summed E-state index contributed by atoms with van der Waals surface area (Å²) in [6.45, 7) is 0.772. The molecule has 0 bridgehead atoms. The summed E-state index contributed by atoms with van der Waals surface area (Å²) in [4.78, 5) is 15.9. The van der Waals surface area contributed by atoms with Crippen molar-refractivity contribution in [1.29, 1.82) is 0 Å². The Bertz CT molecular complexity index is 573. The van der Waals surface area contributed by atoms with Gasteiger partial charge in [0, 0.05) is 25.7 Å². The average Bonchev–Trinajstić information content (AvgIpc) is 2.54. The molecule has 0 atom stereocenters. The minimum Gasteiger partial charge on any atom is -0.449 e. The number of benzene rings is 1. The lowest BCUT2D eigenvalue weighted by Gasteiger charge is -2.07. The number of nitrogens with zero attached hydrogens (tertiary/aromatic N) is 1. The molecule has 1 aromatic carbocycles. The normalized spacial score (nSPS) is 9.95. The molecule has 110 valence electrons. The summed E-state index contributed by atoms with van der Waals surface area (Å²) < 4.78 is 5.13. The number of carbonyl (C=O) groups is 1. The van der Waals surface area contributed by atoms with Gasteiger partial charge in [0.1, 0.15) is 5.82 Å². The molecular weight excluding hydrogens is 266 g/mol. The summed E-state index contributed by atoms with van der Waals surface area (Å²) in [5, 5.41) is 5.69. The summed E-state index contributed by atoms with van der Waals surface area (Å²) >= 11 is 0. The molecule has 21 heavy (non-hydrogen) atoms. The fourth-order valence-electron chi connectivity index (χ4n) is 1.83. The number of carbonyl (C=O) groups excluding carboxylic acids is 1. The van der Waals surface area contributed by atoms with E-state index in [1.54, 1.807) is 0 Å². The zero-order valence-electron chi connectivity index (χ0n) is 12.0. The van der Waals surface area contributed by atoms with Gasteiger partial charge in [-0.25, -0.2) is 9.78 Å². The lowest BCUT2D eigenvalue weighted by Crippen LogP contribution is -2.24. The SMILES string of the molecule is CNc1cccc(CCOC(=O)NCc2ccccc2)n1. The molecule has 0 saturated carbocycles. The molecule has 5 heteroatoms. The van der Waals surface area contributed by atoms with Crippen molar-refractivity contribution < 1.29 is 9.53 Å². The van der Waals surface area contributed by atoms with Crippen LogP contribution in [0.1, 0.15) is 11.3 Å². The fraction of sp³-hybridized carbons (Fsp3) is 0.250. The first-order valence-electron chi connectivity index (χ1n) is 6.86. The Kier molecular flexibility index (Phi) is 5.58. The lowest BCUT2D eigenvalue weighted by atomic mass is 10.2. The van der Waals surface area contributed by atoms with Gasteiger partial charge >= 0.3 is 6.09 Å². The van der Waals surface area contributed by atoms with Crippen molar-refractivity contribution in [1.82, 2.24) is 10.3 Å². The van der Waals surface area contributed by atoms with Gasteiger partial charge in [-0.15, -0.1) is 0 Å². The molecule has 0 unspecified atom stereocenters. The van der Waals surface area contributed by atoms with Gasteiger partial charge < -0.3 is 15.4 Å². The van der Waals surface area contributed by atoms with Crippen LogP contribution in [0.4, 0.5) is 10.6 Å². The topological polar surface area (TPSA) is 63.2 Å². The van der Waals surface area contributed by atoms with E-state index in [1.165, 1.54) is 0 Å². The van der Waals surface area contributed by atoms with Gasteiger partial charge in [0.15, 0.2) is 0 Å². The third kappa shape index (κ3) is 5.14. The first-order chi connectivity index (χ1) is 10.3. The molecule has 1 amide bonds. The number of ether oxygens (including phenoxy) is 1. The van der Waals surface area contributed by atoms with Gasteiger partial charge in [-0.2, -0.15) is 0 Å². The third-order valence-corrected chi connectivity index (χ3v) is 2.93. The number of hydrogen-bond donors (Lipinski definition) is 2. The molecule has 0 saturated heterocycles. The van der Waals surface area contributed by atoms with Crippen LogP contribution in [0.5, 0.6) is 0 Å². The van der Waals surface area contributed by atoms with Crippen molar-refractivity contribution in [2.24, 2.45) is 0 Å². The van der Waals surface area contributed by atoms with Crippen LogP contribution in [0.15, 0.2) is 48.5 Å². The van der Waals surface area contributed by atoms with Crippen molar-refractivity contribution in [3.63, 3.8) is 0 Å². The van der Waals surface area contributed by atoms with E-state index in [-0.39, 0.29) is 0 Å². The Labute approximate surface area is 124 Å². The lowest BCUT2D eigenvalue weighted by molar-refractivity contribution is 0.146. The number of nitrogens with one attached hydrogen (secondary N) is 2. The predicted molar refractivity (Wildman–Crippen MR) is 82.1 cm³/mol. The van der Waals surface area contributed by atoms with Crippen molar-refractivity contribution in [2.45, 2.75) is 13.0 Å². The van der Waals surface area contributed by atoms with Crippen molar-refractivity contribution in [3.8, 4) is 0 Å². The largest absolute Gasteiger partial charge is 0.449 e. The number of hydrogen-bond acceptors (Lipinski definition) is 4. The minimum absolute atomic E-state index is 0.306. The highest BCUT2D eigenvalue weighted by Gasteiger charge is 2.03. The zero-order chi connectivity index (χ0) is 14.9. The second-order valence-corrected chi connectivity index (χ2v) is 4.49. The molecule has 0 radical (unpaired) electrons. The number of pyridine rings is 1. The van der Waals surface area contributed by atoms with Crippen LogP contribution in [0.3, 0.4) is 0 Å². The maximum absolute atomic E-state index is 11.6. The van der Waals surface area contributed by atoms with E-state index in [2.05, 4.69) is 15.6 Å². The first-order valence-corrected chi connectivity index (χ1v) is 6.86. The Morgan fingerprint density at radius 2 is 1.95 bits per heavy atom. The van der Waals surface area contributed by atoms with Gasteiger partial charge in [0.25, 0.3) is 0 Å². The summed E-state index contributed by atoms with van der Waals surface area (Å²) in [7, 11) is 1.82. The Morgan fingerprint density at radius 3 is 2.71 bits per heavy atom. The highest BCUT2D eigenvalue weighted by molar-refractivity contribution is 5.67. The average molecular weight is 285 g/mol. The maximum atomic E-state index is 11.6. The predicted octanol–water partition coefficient (Wildman–Crippen LogP) is 2.59. The molecule has 0 fully saturated rings. The molecule has 2 N–H and O–H groups in total. The first kappa shape index (κ1) is 14.8. The summed E-state index contributed by atoms with van der Waals surface area (Å²) in [5.74, 6) is 0.807. The van der Waals surface area contributed by atoms with Crippen LogP contribution in [-0.2, 0) is 17.7 Å². The second kappa shape index (κ2) is 7.89. The Hall–Kier alpha value is -2.56. The van der Waals surface area contributed by atoms with E-state index in [9.17, 15) is 4.79 Å². The molecule has 0 aliphatic carbocycles. The Morgan fingerprint density at radius 1 is 1.14 bits per heavy atom. The fourth-order valence-corrected chi connectivity index (χ4v) is 1.83. The molecule has 0 spiro atoms. The third-order valence-electron chi connectivity index (χ3n) is 2.93. The molecule has 1 aromatic heterocycles. The van der Waals surface area contributed by atoms with Crippen LogP contribution in [0.2, 0.25) is 0 Å². The highest BCUT2D eigenvalue weighted by Crippen LogP contribution is 2.04. The van der Waals surface area contributed by atoms with Gasteiger partial charge in [-0.3, -0.25) is 0 Å². The molecular formula is C16H19N3O2. The van der Waals surface area contributed by atoms with E-state index in [0.717, 1.165) is 17.1 Å². The molecule has 1 heterocycles. The quantitative estimate of drug-likeness (QED) is 0.856. The minimum atomic E-state index is -0.413. The summed E-state index contributed by atoms with van der Waals surface area (Å²) in [5.41, 5.74) is 1.93. The standard InChI is InChI=1S/C16H19N3O2/c1-17-15-9-5-8-14(19-15)10-11-21-16(20)18-12-13-6-3-2-4-7-13/h2-9H,10-12H2,1H3,(H,17,19)(H,18,20). The summed E-state index contributed by atoms with van der Waals surface area (Å²) in [6, 6.07) is 15.4. The van der Waals surface area contributed by atoms with E-state index in [1.807, 2.05) is 55.6 Å². The van der Waals surface area contributed by atoms with Crippen LogP contribution in [0, 0.1) is 0 Å².